The number of carbonyl (C=O) groups is 1. The van der Waals surface area contributed by atoms with E-state index in [0.29, 0.717) is 17.8 Å². The Kier molecular flexibility index (Phi) is 5.13. The zero-order valence-corrected chi connectivity index (χ0v) is 14.3. The Hall–Kier alpha value is -3.00. The summed E-state index contributed by atoms with van der Waals surface area (Å²) in [6, 6.07) is 8.70. The largest absolute Gasteiger partial charge is 0.450 e. The highest BCUT2D eigenvalue weighted by atomic mass is 19.3. The van der Waals surface area contributed by atoms with Gasteiger partial charge in [0, 0.05) is 28.9 Å². The number of amides is 1. The number of nitrogens with one attached hydrogen (secondary N) is 2. The highest BCUT2D eigenvalue weighted by Crippen LogP contribution is 2.27. The molecule has 136 valence electrons. The Balaban J connectivity index is 1.97. The summed E-state index contributed by atoms with van der Waals surface area (Å²) in [5.41, 5.74) is 2.65. The van der Waals surface area contributed by atoms with Gasteiger partial charge in [-0.15, -0.1) is 0 Å². The van der Waals surface area contributed by atoms with E-state index in [1.807, 2.05) is 26.0 Å². The van der Waals surface area contributed by atoms with Crippen LogP contribution in [0.5, 0.6) is 0 Å². The molecule has 26 heavy (non-hydrogen) atoms. The fourth-order valence-corrected chi connectivity index (χ4v) is 2.65. The summed E-state index contributed by atoms with van der Waals surface area (Å²) in [6.45, 7) is 4.39. The molecule has 0 unspecified atom stereocenters. The summed E-state index contributed by atoms with van der Waals surface area (Å²) < 4.78 is 27.8. The minimum Gasteiger partial charge on any atom is -0.310 e. The normalized spacial score (nSPS) is 11.1. The third-order valence-corrected chi connectivity index (χ3v) is 3.87. The Labute approximate surface area is 148 Å². The third kappa shape index (κ3) is 3.80. The summed E-state index contributed by atoms with van der Waals surface area (Å²) in [5, 5.41) is 5.38. The number of hydrogen-bond donors (Lipinski definition) is 2. The number of imidazole rings is 1. The minimum absolute atomic E-state index is 0.144. The third-order valence-electron chi connectivity index (χ3n) is 3.87. The molecule has 0 fully saturated rings. The van der Waals surface area contributed by atoms with Gasteiger partial charge in [-0.3, -0.25) is 5.32 Å². The van der Waals surface area contributed by atoms with Crippen LogP contribution in [0.3, 0.4) is 0 Å². The fourth-order valence-electron chi connectivity index (χ4n) is 2.65. The zero-order valence-electron chi connectivity index (χ0n) is 14.3. The highest BCUT2D eigenvalue weighted by Gasteiger charge is 2.13. The summed E-state index contributed by atoms with van der Waals surface area (Å²) in [4.78, 5) is 18.2. The molecule has 8 heteroatoms. The number of nitrogens with zero attached hydrogens (tertiary/aromatic N) is 2. The number of anilines is 1. The molecule has 1 amide bonds. The number of pyridine rings is 1. The molecule has 0 aliphatic rings. The van der Waals surface area contributed by atoms with E-state index in [2.05, 4.69) is 20.6 Å². The van der Waals surface area contributed by atoms with E-state index in [0.717, 1.165) is 11.1 Å². The van der Waals surface area contributed by atoms with Gasteiger partial charge in [0.2, 0.25) is 0 Å². The number of benzene rings is 1. The van der Waals surface area contributed by atoms with Gasteiger partial charge >= 0.3 is 6.09 Å². The first-order valence-electron chi connectivity index (χ1n) is 8.07. The lowest BCUT2D eigenvalue weighted by molar-refractivity contribution is -0.0544. The second-order valence-electron chi connectivity index (χ2n) is 6.10. The molecule has 3 rings (SSSR count). The Morgan fingerprint density at radius 3 is 2.81 bits per heavy atom. The standard InChI is InChI=1S/C18H18F2N4O2/c1-11(2)21-8-14-13(4-3-5-15(14)19)12-6-7-17-22-16(10-24(17)9-12)23-18(25)26-20/h3-7,9-11,21H,8H2,1-2H3,(H,23,25). The van der Waals surface area contributed by atoms with Gasteiger partial charge in [0.05, 0.1) is 6.20 Å². The molecule has 0 atom stereocenters. The van der Waals surface area contributed by atoms with Gasteiger partial charge in [0.25, 0.3) is 0 Å². The van der Waals surface area contributed by atoms with Crippen LogP contribution < -0.4 is 10.6 Å². The molecular weight excluding hydrogens is 342 g/mol. The SMILES string of the molecule is CC(C)NCc1c(F)cccc1-c1ccc2nc(NC(=O)OF)cn2c1. The Morgan fingerprint density at radius 1 is 1.27 bits per heavy atom. The maximum Gasteiger partial charge on any atom is 0.450 e. The summed E-state index contributed by atoms with van der Waals surface area (Å²) >= 11 is 0. The number of carbonyl (C=O) groups excluding carboxylic acids is 1. The maximum absolute atomic E-state index is 14.3. The van der Waals surface area contributed by atoms with Crippen LogP contribution in [0.4, 0.5) is 19.5 Å². The topological polar surface area (TPSA) is 67.7 Å². The number of rotatable bonds is 5. The van der Waals surface area contributed by atoms with Crippen LogP contribution in [0.25, 0.3) is 16.8 Å². The number of halogens is 2. The minimum atomic E-state index is -1.25. The number of fused-ring (bicyclic) bond motifs is 1. The molecule has 0 aliphatic heterocycles. The van der Waals surface area contributed by atoms with E-state index in [1.54, 1.807) is 22.7 Å². The van der Waals surface area contributed by atoms with E-state index < -0.39 is 6.09 Å². The van der Waals surface area contributed by atoms with Crippen LogP contribution in [0.15, 0.2) is 42.7 Å². The molecule has 2 N–H and O–H groups in total. The zero-order chi connectivity index (χ0) is 18.7. The van der Waals surface area contributed by atoms with Crippen molar-refractivity contribution in [2.75, 3.05) is 5.32 Å². The van der Waals surface area contributed by atoms with Crippen molar-refractivity contribution in [3.8, 4) is 11.1 Å². The monoisotopic (exact) mass is 360 g/mol. The Morgan fingerprint density at radius 2 is 2.08 bits per heavy atom. The van der Waals surface area contributed by atoms with Gasteiger partial charge in [-0.1, -0.05) is 26.0 Å². The molecule has 0 aliphatic carbocycles. The summed E-state index contributed by atoms with van der Waals surface area (Å²) in [6.07, 6.45) is 2.03. The average Bonchev–Trinajstić information content (AvgIpc) is 3.01. The second-order valence-corrected chi connectivity index (χ2v) is 6.10. The first-order valence-corrected chi connectivity index (χ1v) is 8.07. The molecule has 0 radical (unpaired) electrons. The smallest absolute Gasteiger partial charge is 0.310 e. The van der Waals surface area contributed by atoms with Gasteiger partial charge in [-0.05, 0) is 29.3 Å². The van der Waals surface area contributed by atoms with Gasteiger partial charge in [0.15, 0.2) is 5.82 Å². The molecule has 0 bridgehead atoms. The quantitative estimate of drug-likeness (QED) is 0.720. The van der Waals surface area contributed by atoms with Crippen LogP contribution in [-0.4, -0.2) is 21.5 Å². The first kappa shape index (κ1) is 17.8. The van der Waals surface area contributed by atoms with Gasteiger partial charge in [-0.25, -0.2) is 19.1 Å². The van der Waals surface area contributed by atoms with Crippen LogP contribution in [0, 0.1) is 5.82 Å². The average molecular weight is 360 g/mol. The van der Waals surface area contributed by atoms with Crippen molar-refractivity contribution in [1.82, 2.24) is 14.7 Å². The molecule has 0 saturated carbocycles. The lowest BCUT2D eigenvalue weighted by Gasteiger charge is -2.14. The van der Waals surface area contributed by atoms with Crippen molar-refractivity contribution < 1.29 is 18.7 Å². The molecule has 0 spiro atoms. The molecule has 2 aromatic heterocycles. The van der Waals surface area contributed by atoms with E-state index in [-0.39, 0.29) is 17.7 Å². The maximum atomic E-state index is 14.3. The van der Waals surface area contributed by atoms with Crippen molar-refractivity contribution in [2.45, 2.75) is 26.4 Å². The van der Waals surface area contributed by atoms with E-state index in [1.165, 1.54) is 12.3 Å². The number of aromatic nitrogens is 2. The van der Waals surface area contributed by atoms with Crippen molar-refractivity contribution in [1.29, 1.82) is 0 Å². The second kappa shape index (κ2) is 7.49. The van der Waals surface area contributed by atoms with Gasteiger partial charge in [-0.2, -0.15) is 0 Å². The number of hydrogen-bond acceptors (Lipinski definition) is 4. The van der Waals surface area contributed by atoms with Crippen molar-refractivity contribution in [3.63, 3.8) is 0 Å². The van der Waals surface area contributed by atoms with Gasteiger partial charge in [0.1, 0.15) is 11.5 Å². The first-order chi connectivity index (χ1) is 12.5. The van der Waals surface area contributed by atoms with Gasteiger partial charge < -0.3 is 9.72 Å². The Bertz CT molecular complexity index is 940. The molecule has 6 nitrogen and oxygen atoms in total. The fraction of sp³-hybridized carbons (Fsp3) is 0.222. The predicted molar refractivity (Wildman–Crippen MR) is 93.8 cm³/mol. The van der Waals surface area contributed by atoms with Crippen molar-refractivity contribution in [3.05, 3.63) is 54.1 Å². The molecule has 2 heterocycles. The van der Waals surface area contributed by atoms with E-state index >= 15 is 0 Å². The molecular formula is C18H18F2N4O2. The summed E-state index contributed by atoms with van der Waals surface area (Å²) in [5.74, 6) is -0.139. The molecule has 0 saturated heterocycles. The summed E-state index contributed by atoms with van der Waals surface area (Å²) in [7, 11) is 0. The van der Waals surface area contributed by atoms with E-state index in [4.69, 9.17) is 0 Å². The van der Waals surface area contributed by atoms with Crippen molar-refractivity contribution >= 4 is 17.6 Å². The molecule has 1 aromatic carbocycles. The van der Waals surface area contributed by atoms with E-state index in [9.17, 15) is 13.7 Å². The lowest BCUT2D eigenvalue weighted by atomic mass is 10.0. The van der Waals surface area contributed by atoms with Crippen LogP contribution in [0.2, 0.25) is 0 Å². The van der Waals surface area contributed by atoms with Crippen LogP contribution in [0.1, 0.15) is 19.4 Å². The van der Waals surface area contributed by atoms with Crippen molar-refractivity contribution in [2.24, 2.45) is 0 Å². The van der Waals surface area contributed by atoms with Crippen LogP contribution >= 0.6 is 0 Å². The van der Waals surface area contributed by atoms with Crippen LogP contribution in [-0.2, 0) is 11.5 Å². The predicted octanol–water partition coefficient (Wildman–Crippen LogP) is 4.07. The lowest BCUT2D eigenvalue weighted by Crippen LogP contribution is -2.22. The molecule has 3 aromatic rings. The highest BCUT2D eigenvalue weighted by molar-refractivity contribution is 5.83.